The Morgan fingerprint density at radius 3 is 2.35 bits per heavy atom. The zero-order valence-corrected chi connectivity index (χ0v) is 8.36. The Labute approximate surface area is 94.3 Å². The van der Waals surface area contributed by atoms with Gasteiger partial charge in [0, 0.05) is 0 Å². The second-order valence-corrected chi connectivity index (χ2v) is 3.12. The third-order valence-corrected chi connectivity index (χ3v) is 2.07. The molecule has 0 saturated carbocycles. The fourth-order valence-electron chi connectivity index (χ4n) is 1.34. The van der Waals surface area contributed by atoms with Gasteiger partial charge in [0.2, 0.25) is 11.2 Å². The summed E-state index contributed by atoms with van der Waals surface area (Å²) in [4.78, 5) is 39.0. The number of hydrogen-bond acceptors (Lipinski definition) is 6. The van der Waals surface area contributed by atoms with E-state index in [1.54, 1.807) is 18.2 Å². The molecule has 84 valence electrons. The number of fused-ring (bicyclic) bond motifs is 1. The molecule has 0 aliphatic carbocycles. The number of Topliss-reactive ketones (excluding diaryl/α,β-unsaturated/α-hetero) is 1. The largest absolute Gasteiger partial charge is 0.394 e. The average Bonchev–Trinajstić information content (AvgIpc) is 2.36. The van der Waals surface area contributed by atoms with E-state index in [0.717, 1.165) is 0 Å². The Kier molecular flexibility index (Phi) is 2.57. The molecule has 1 aromatic heterocycles. The van der Waals surface area contributed by atoms with E-state index in [4.69, 9.17) is 0 Å². The molecule has 17 heavy (non-hydrogen) atoms. The van der Waals surface area contributed by atoms with Crippen LogP contribution in [0.2, 0.25) is 0 Å². The van der Waals surface area contributed by atoms with Gasteiger partial charge in [0.25, 0.3) is 5.78 Å². The number of rotatable bonds is 3. The molecule has 0 radical (unpaired) electrons. The molecule has 0 unspecified atom stereocenters. The molecule has 0 spiro atoms. The monoisotopic (exact) mass is 231 g/mol. The molecule has 1 aromatic carbocycles. The lowest BCUT2D eigenvalue weighted by molar-refractivity contribution is -0.389. The van der Waals surface area contributed by atoms with Crippen LogP contribution in [0.1, 0.15) is 10.5 Å². The quantitative estimate of drug-likeness (QED) is 0.256. The van der Waals surface area contributed by atoms with Crippen molar-refractivity contribution in [3.63, 3.8) is 0 Å². The molecule has 0 amide bonds. The summed E-state index contributed by atoms with van der Waals surface area (Å²) in [6, 6.07) is 6.37. The number of aldehydes is 1. The van der Waals surface area contributed by atoms with Crippen LogP contribution in [0.5, 0.6) is 0 Å². The van der Waals surface area contributed by atoms with Crippen LogP contribution in [-0.4, -0.2) is 27.0 Å². The number of carbonyl (C=O) groups is 2. The van der Waals surface area contributed by atoms with Crippen molar-refractivity contribution < 1.29 is 14.5 Å². The van der Waals surface area contributed by atoms with Crippen LogP contribution in [0.4, 0.5) is 5.82 Å². The molecule has 0 fully saturated rings. The Hall–Kier alpha value is -2.70. The normalized spacial score (nSPS) is 10.1. The SMILES string of the molecule is O=CC(=O)c1nc2ccccc2nc1[N+](=O)[O-]. The van der Waals surface area contributed by atoms with Crippen molar-refractivity contribution in [3.05, 3.63) is 40.1 Å². The Bertz CT molecular complexity index is 638. The standard InChI is InChI=1S/C10H5N3O4/c14-5-8(15)9-10(13(16)17)12-7-4-2-1-3-6(7)11-9/h1-5H. The van der Waals surface area contributed by atoms with E-state index in [2.05, 4.69) is 9.97 Å². The van der Waals surface area contributed by atoms with E-state index < -0.39 is 22.2 Å². The lowest BCUT2D eigenvalue weighted by Gasteiger charge is -1.98. The second kappa shape index (κ2) is 4.05. The van der Waals surface area contributed by atoms with Crippen molar-refractivity contribution in [2.45, 2.75) is 0 Å². The number of nitro groups is 1. The van der Waals surface area contributed by atoms with E-state index in [1.807, 2.05) is 0 Å². The smallest absolute Gasteiger partial charge is 0.358 e. The summed E-state index contributed by atoms with van der Waals surface area (Å²) < 4.78 is 0. The van der Waals surface area contributed by atoms with Crippen LogP contribution in [0.3, 0.4) is 0 Å². The highest BCUT2D eigenvalue weighted by Gasteiger charge is 2.24. The van der Waals surface area contributed by atoms with Gasteiger partial charge in [-0.3, -0.25) is 9.59 Å². The molecular formula is C10H5N3O4. The predicted octanol–water partition coefficient (Wildman–Crippen LogP) is 0.920. The molecule has 0 aliphatic rings. The van der Waals surface area contributed by atoms with Crippen molar-refractivity contribution in [2.75, 3.05) is 0 Å². The van der Waals surface area contributed by atoms with Gasteiger partial charge in [-0.2, -0.15) is 0 Å². The molecule has 2 aromatic rings. The first kappa shape index (κ1) is 10.8. The molecular weight excluding hydrogens is 226 g/mol. The van der Waals surface area contributed by atoms with Crippen LogP contribution < -0.4 is 0 Å². The highest BCUT2D eigenvalue weighted by molar-refractivity contribution is 6.33. The van der Waals surface area contributed by atoms with Gasteiger partial charge in [-0.15, -0.1) is 0 Å². The molecule has 0 saturated heterocycles. The predicted molar refractivity (Wildman–Crippen MR) is 56.6 cm³/mol. The Morgan fingerprint density at radius 2 is 1.82 bits per heavy atom. The summed E-state index contributed by atoms with van der Waals surface area (Å²) in [6.45, 7) is 0. The zero-order valence-electron chi connectivity index (χ0n) is 8.36. The van der Waals surface area contributed by atoms with Crippen molar-refractivity contribution in [2.24, 2.45) is 0 Å². The highest BCUT2D eigenvalue weighted by atomic mass is 16.6. The lowest BCUT2D eigenvalue weighted by Crippen LogP contribution is -2.09. The average molecular weight is 231 g/mol. The minimum absolute atomic E-state index is 0.0220. The number of hydrogen-bond donors (Lipinski definition) is 0. The van der Waals surface area contributed by atoms with Crippen LogP contribution >= 0.6 is 0 Å². The first-order chi connectivity index (χ1) is 8.13. The maximum Gasteiger partial charge on any atom is 0.394 e. The van der Waals surface area contributed by atoms with E-state index in [-0.39, 0.29) is 6.29 Å². The minimum atomic E-state index is -1.06. The number of nitrogens with zero attached hydrogens (tertiary/aromatic N) is 3. The van der Waals surface area contributed by atoms with Gasteiger partial charge in [-0.05, 0) is 22.0 Å². The van der Waals surface area contributed by atoms with Gasteiger partial charge in [-0.25, -0.2) is 4.98 Å². The van der Waals surface area contributed by atoms with Crippen molar-refractivity contribution >= 4 is 28.9 Å². The van der Waals surface area contributed by atoms with E-state index in [0.29, 0.717) is 11.0 Å². The van der Waals surface area contributed by atoms with Gasteiger partial charge < -0.3 is 10.1 Å². The minimum Gasteiger partial charge on any atom is -0.358 e. The van der Waals surface area contributed by atoms with Crippen LogP contribution in [0.15, 0.2) is 24.3 Å². The van der Waals surface area contributed by atoms with Crippen molar-refractivity contribution in [1.29, 1.82) is 0 Å². The Balaban J connectivity index is 2.79. The summed E-state index contributed by atoms with van der Waals surface area (Å²) in [5.74, 6) is -1.77. The molecule has 7 heteroatoms. The van der Waals surface area contributed by atoms with Crippen LogP contribution in [0, 0.1) is 10.1 Å². The van der Waals surface area contributed by atoms with E-state index in [9.17, 15) is 19.7 Å². The summed E-state index contributed by atoms with van der Waals surface area (Å²) in [7, 11) is 0. The molecule has 7 nitrogen and oxygen atoms in total. The van der Waals surface area contributed by atoms with Gasteiger partial charge in [-0.1, -0.05) is 12.1 Å². The summed E-state index contributed by atoms with van der Waals surface area (Å²) >= 11 is 0. The maximum absolute atomic E-state index is 11.2. The lowest BCUT2D eigenvalue weighted by atomic mass is 10.2. The second-order valence-electron chi connectivity index (χ2n) is 3.12. The number of para-hydroxylation sites is 2. The van der Waals surface area contributed by atoms with Crippen molar-refractivity contribution in [3.8, 4) is 0 Å². The van der Waals surface area contributed by atoms with Gasteiger partial charge in [0.15, 0.2) is 6.29 Å². The summed E-state index contributed by atoms with van der Waals surface area (Å²) in [5.41, 5.74) is 0.0775. The third kappa shape index (κ3) is 1.85. The Morgan fingerprint density at radius 1 is 1.24 bits per heavy atom. The highest BCUT2D eigenvalue weighted by Crippen LogP contribution is 2.18. The molecule has 1 heterocycles. The number of ketones is 1. The number of carbonyl (C=O) groups excluding carboxylic acids is 2. The van der Waals surface area contributed by atoms with Crippen molar-refractivity contribution in [1.82, 2.24) is 9.97 Å². The van der Waals surface area contributed by atoms with Gasteiger partial charge in [0.1, 0.15) is 5.52 Å². The first-order valence-corrected chi connectivity index (χ1v) is 4.54. The van der Waals surface area contributed by atoms with E-state index in [1.165, 1.54) is 6.07 Å². The molecule has 2 rings (SSSR count). The number of aromatic nitrogens is 2. The van der Waals surface area contributed by atoms with E-state index >= 15 is 0 Å². The first-order valence-electron chi connectivity index (χ1n) is 4.54. The van der Waals surface area contributed by atoms with Crippen LogP contribution in [-0.2, 0) is 4.79 Å². The molecule has 0 aliphatic heterocycles. The topological polar surface area (TPSA) is 103 Å². The summed E-state index contributed by atoms with van der Waals surface area (Å²) in [6.07, 6.45) is -0.0220. The van der Waals surface area contributed by atoms with Gasteiger partial charge >= 0.3 is 5.82 Å². The van der Waals surface area contributed by atoms with Crippen LogP contribution in [0.25, 0.3) is 11.0 Å². The third-order valence-electron chi connectivity index (χ3n) is 2.07. The zero-order chi connectivity index (χ0) is 12.4. The van der Waals surface area contributed by atoms with Gasteiger partial charge in [0.05, 0.1) is 0 Å². The molecule has 0 atom stereocenters. The maximum atomic E-state index is 11.2. The fourth-order valence-corrected chi connectivity index (χ4v) is 1.34. The number of benzene rings is 1. The molecule has 0 bridgehead atoms. The molecule has 0 N–H and O–H groups in total. The fraction of sp³-hybridized carbons (Fsp3) is 0. The summed E-state index contributed by atoms with van der Waals surface area (Å²) in [5, 5.41) is 10.7.